The van der Waals surface area contributed by atoms with Crippen LogP contribution in [0.1, 0.15) is 27.3 Å². The van der Waals surface area contributed by atoms with Gasteiger partial charge >= 0.3 is 0 Å². The molecule has 8 heteroatoms. The molecular weight excluding hydrogens is 378 g/mol. The molecule has 2 aromatic carbocycles. The van der Waals surface area contributed by atoms with E-state index in [2.05, 4.69) is 20.9 Å². The molecule has 0 fully saturated rings. The summed E-state index contributed by atoms with van der Waals surface area (Å²) in [5.74, 6) is -0.663. The van der Waals surface area contributed by atoms with Gasteiger partial charge in [-0.25, -0.2) is 4.68 Å². The fraction of sp³-hybridized carbons (Fsp3) is 0.200. The minimum Gasteiger partial charge on any atom is -0.324 e. The van der Waals surface area contributed by atoms with Crippen molar-refractivity contribution in [2.24, 2.45) is 0 Å². The maximum Gasteiger partial charge on any atom is 0.278 e. The normalized spacial score (nSPS) is 10.6. The van der Waals surface area contributed by atoms with Crippen molar-refractivity contribution in [1.29, 1.82) is 0 Å². The minimum atomic E-state index is -0.409. The Labute approximate surface area is 167 Å². The predicted octanol–water partition coefficient (Wildman–Crippen LogP) is 3.75. The van der Waals surface area contributed by atoms with Crippen LogP contribution in [-0.4, -0.2) is 26.8 Å². The van der Waals surface area contributed by atoms with Gasteiger partial charge < -0.3 is 10.6 Å². The molecule has 144 valence electrons. The molecular formula is C20H20ClN5O2. The third-order valence-corrected chi connectivity index (χ3v) is 4.72. The van der Waals surface area contributed by atoms with Crippen molar-refractivity contribution in [2.45, 2.75) is 27.3 Å². The molecule has 28 heavy (non-hydrogen) atoms. The summed E-state index contributed by atoms with van der Waals surface area (Å²) in [7, 11) is 0. The molecule has 0 radical (unpaired) electrons. The number of aromatic nitrogens is 3. The molecule has 2 amide bonds. The van der Waals surface area contributed by atoms with Gasteiger partial charge in [-0.05, 0) is 56.2 Å². The van der Waals surface area contributed by atoms with Gasteiger partial charge in [0.1, 0.15) is 6.54 Å². The van der Waals surface area contributed by atoms with E-state index >= 15 is 0 Å². The second-order valence-corrected chi connectivity index (χ2v) is 6.87. The SMILES string of the molecule is Cc1cccc(NC(=O)Cn2nnc(C(=O)Nc3cccc(Cl)c3C)c2C)c1. The number of nitrogens with one attached hydrogen (secondary N) is 2. The van der Waals surface area contributed by atoms with Crippen molar-refractivity contribution >= 4 is 34.8 Å². The molecule has 0 aliphatic carbocycles. The molecule has 0 aliphatic heterocycles. The summed E-state index contributed by atoms with van der Waals surface area (Å²) in [6, 6.07) is 12.8. The first-order valence-electron chi connectivity index (χ1n) is 8.68. The van der Waals surface area contributed by atoms with Gasteiger partial charge in [0, 0.05) is 16.4 Å². The number of hydrogen-bond acceptors (Lipinski definition) is 4. The summed E-state index contributed by atoms with van der Waals surface area (Å²) < 4.78 is 1.39. The number of carbonyl (C=O) groups excluding carboxylic acids is 2. The predicted molar refractivity (Wildman–Crippen MR) is 109 cm³/mol. The summed E-state index contributed by atoms with van der Waals surface area (Å²) in [4.78, 5) is 24.8. The number of carbonyl (C=O) groups is 2. The van der Waals surface area contributed by atoms with E-state index in [-0.39, 0.29) is 18.1 Å². The molecule has 0 unspecified atom stereocenters. The molecule has 1 heterocycles. The van der Waals surface area contributed by atoms with E-state index < -0.39 is 5.91 Å². The standard InChI is InChI=1S/C20H20ClN5O2/c1-12-6-4-7-15(10-12)22-18(27)11-26-14(3)19(24-25-26)20(28)23-17-9-5-8-16(21)13(17)2/h4-10H,11H2,1-3H3,(H,22,27)(H,23,28). The highest BCUT2D eigenvalue weighted by atomic mass is 35.5. The Kier molecular flexibility index (Phi) is 5.75. The van der Waals surface area contributed by atoms with Crippen LogP contribution >= 0.6 is 11.6 Å². The molecule has 0 saturated heterocycles. The molecule has 7 nitrogen and oxygen atoms in total. The van der Waals surface area contributed by atoms with Gasteiger partial charge in [0.25, 0.3) is 5.91 Å². The van der Waals surface area contributed by atoms with Gasteiger partial charge in [-0.15, -0.1) is 5.10 Å². The number of halogens is 1. The van der Waals surface area contributed by atoms with Crippen LogP contribution in [0, 0.1) is 20.8 Å². The second kappa shape index (κ2) is 8.22. The lowest BCUT2D eigenvalue weighted by atomic mass is 10.2. The van der Waals surface area contributed by atoms with E-state index in [1.165, 1.54) is 4.68 Å². The molecule has 0 spiro atoms. The number of rotatable bonds is 5. The molecule has 0 aliphatic rings. The third kappa shape index (κ3) is 4.37. The van der Waals surface area contributed by atoms with E-state index in [1.807, 2.05) is 38.1 Å². The Morgan fingerprint density at radius 3 is 2.57 bits per heavy atom. The van der Waals surface area contributed by atoms with Crippen LogP contribution in [0.4, 0.5) is 11.4 Å². The van der Waals surface area contributed by atoms with Crippen molar-refractivity contribution in [2.75, 3.05) is 10.6 Å². The van der Waals surface area contributed by atoms with Gasteiger partial charge in [-0.1, -0.05) is 35.0 Å². The average Bonchev–Trinajstić information content (AvgIpc) is 2.99. The molecule has 1 aromatic heterocycles. The molecule has 3 rings (SSSR count). The van der Waals surface area contributed by atoms with E-state index in [1.54, 1.807) is 25.1 Å². The zero-order valence-corrected chi connectivity index (χ0v) is 16.5. The Bertz CT molecular complexity index is 1040. The van der Waals surface area contributed by atoms with Crippen LogP contribution in [0.3, 0.4) is 0 Å². The van der Waals surface area contributed by atoms with E-state index in [4.69, 9.17) is 11.6 Å². The Balaban J connectivity index is 1.70. The highest BCUT2D eigenvalue weighted by Crippen LogP contribution is 2.23. The molecule has 2 N–H and O–H groups in total. The van der Waals surface area contributed by atoms with E-state index in [0.29, 0.717) is 22.1 Å². The Morgan fingerprint density at radius 2 is 1.82 bits per heavy atom. The lowest BCUT2D eigenvalue weighted by molar-refractivity contribution is -0.117. The lowest BCUT2D eigenvalue weighted by Crippen LogP contribution is -2.21. The van der Waals surface area contributed by atoms with Gasteiger partial charge in [0.15, 0.2) is 5.69 Å². The van der Waals surface area contributed by atoms with Crippen LogP contribution in [0.5, 0.6) is 0 Å². The zero-order valence-electron chi connectivity index (χ0n) is 15.8. The maximum atomic E-state index is 12.6. The highest BCUT2D eigenvalue weighted by molar-refractivity contribution is 6.31. The second-order valence-electron chi connectivity index (χ2n) is 6.47. The van der Waals surface area contributed by atoms with Crippen molar-refractivity contribution in [1.82, 2.24) is 15.0 Å². The number of hydrogen-bond donors (Lipinski definition) is 2. The summed E-state index contributed by atoms with van der Waals surface area (Å²) in [6.07, 6.45) is 0. The largest absolute Gasteiger partial charge is 0.324 e. The first kappa shape index (κ1) is 19.6. The number of aryl methyl sites for hydroxylation is 1. The van der Waals surface area contributed by atoms with Crippen molar-refractivity contribution in [3.8, 4) is 0 Å². The Morgan fingerprint density at radius 1 is 1.07 bits per heavy atom. The fourth-order valence-corrected chi connectivity index (χ4v) is 2.88. The van der Waals surface area contributed by atoms with Crippen molar-refractivity contribution < 1.29 is 9.59 Å². The van der Waals surface area contributed by atoms with Gasteiger partial charge in [0.2, 0.25) is 5.91 Å². The topological polar surface area (TPSA) is 88.9 Å². The summed E-state index contributed by atoms with van der Waals surface area (Å²) in [6.45, 7) is 5.41. The number of anilines is 2. The van der Waals surface area contributed by atoms with Gasteiger partial charge in [0.05, 0.1) is 5.69 Å². The quantitative estimate of drug-likeness (QED) is 0.686. The first-order valence-corrected chi connectivity index (χ1v) is 9.06. The van der Waals surface area contributed by atoms with Crippen LogP contribution in [0.15, 0.2) is 42.5 Å². The summed E-state index contributed by atoms with van der Waals surface area (Å²) in [5, 5.41) is 14.0. The minimum absolute atomic E-state index is 0.0454. The summed E-state index contributed by atoms with van der Waals surface area (Å²) >= 11 is 6.08. The first-order chi connectivity index (χ1) is 13.3. The van der Waals surface area contributed by atoms with Crippen LogP contribution in [-0.2, 0) is 11.3 Å². The molecule has 0 bridgehead atoms. The van der Waals surface area contributed by atoms with Crippen molar-refractivity contribution in [3.63, 3.8) is 0 Å². The van der Waals surface area contributed by atoms with Crippen LogP contribution < -0.4 is 10.6 Å². The fourth-order valence-electron chi connectivity index (χ4n) is 2.70. The molecule has 3 aromatic rings. The third-order valence-electron chi connectivity index (χ3n) is 4.31. The van der Waals surface area contributed by atoms with Gasteiger partial charge in [-0.2, -0.15) is 0 Å². The smallest absolute Gasteiger partial charge is 0.278 e. The Hall–Kier alpha value is -3.19. The van der Waals surface area contributed by atoms with Crippen LogP contribution in [0.2, 0.25) is 5.02 Å². The van der Waals surface area contributed by atoms with E-state index in [0.717, 1.165) is 11.1 Å². The van der Waals surface area contributed by atoms with Crippen LogP contribution in [0.25, 0.3) is 0 Å². The van der Waals surface area contributed by atoms with Crippen molar-refractivity contribution in [3.05, 3.63) is 70.0 Å². The molecule has 0 saturated carbocycles. The zero-order chi connectivity index (χ0) is 20.3. The highest BCUT2D eigenvalue weighted by Gasteiger charge is 2.19. The summed E-state index contributed by atoms with van der Waals surface area (Å²) in [5.41, 5.74) is 3.77. The molecule has 0 atom stereocenters. The average molecular weight is 398 g/mol. The monoisotopic (exact) mass is 397 g/mol. The number of amides is 2. The number of nitrogens with zero attached hydrogens (tertiary/aromatic N) is 3. The lowest BCUT2D eigenvalue weighted by Gasteiger charge is -2.09. The number of benzene rings is 2. The van der Waals surface area contributed by atoms with Gasteiger partial charge in [-0.3, -0.25) is 9.59 Å². The van der Waals surface area contributed by atoms with E-state index in [9.17, 15) is 9.59 Å². The maximum absolute atomic E-state index is 12.6.